The first-order valence-corrected chi connectivity index (χ1v) is 5.40. The Balaban J connectivity index is 2.58. The van der Waals surface area contributed by atoms with Crippen molar-refractivity contribution in [3.8, 4) is 5.75 Å². The van der Waals surface area contributed by atoms with E-state index in [4.69, 9.17) is 0 Å². The fraction of sp³-hybridized carbons (Fsp3) is 0.0714. The summed E-state index contributed by atoms with van der Waals surface area (Å²) >= 11 is 0. The highest BCUT2D eigenvalue weighted by atomic mass is 16.3. The van der Waals surface area contributed by atoms with Gasteiger partial charge in [0.1, 0.15) is 5.75 Å². The molecule has 0 aliphatic carbocycles. The molecule has 0 spiro atoms. The largest absolute Gasteiger partial charge is 0.508 e. The lowest BCUT2D eigenvalue weighted by Crippen LogP contribution is -2.04. The molecule has 0 fully saturated rings. The smallest absolute Gasteiger partial charge is 0.197 e. The highest BCUT2D eigenvalue weighted by molar-refractivity contribution is 5.93. The van der Waals surface area contributed by atoms with Crippen LogP contribution in [0.5, 0.6) is 5.75 Å². The summed E-state index contributed by atoms with van der Waals surface area (Å²) < 4.78 is 0. The van der Waals surface area contributed by atoms with E-state index in [0.29, 0.717) is 10.8 Å². The van der Waals surface area contributed by atoms with E-state index in [1.165, 1.54) is 6.07 Å². The van der Waals surface area contributed by atoms with Crippen molar-refractivity contribution in [3.05, 3.63) is 52.2 Å². The minimum atomic E-state index is -0.0478. The summed E-state index contributed by atoms with van der Waals surface area (Å²) in [5.41, 5.74) is 2.55. The Bertz CT molecular complexity index is 724. The van der Waals surface area contributed by atoms with Crippen LogP contribution >= 0.6 is 0 Å². The lowest BCUT2D eigenvalue weighted by molar-refractivity contribution is 0.476. The Morgan fingerprint density at radius 3 is 2.41 bits per heavy atom. The number of aryl methyl sites for hydroxylation is 1. The van der Waals surface area contributed by atoms with Crippen LogP contribution in [-0.2, 0) is 0 Å². The second-order valence-corrected chi connectivity index (χ2v) is 4.23. The van der Waals surface area contributed by atoms with Crippen molar-refractivity contribution in [3.63, 3.8) is 0 Å². The third-order valence-corrected chi connectivity index (χ3v) is 2.94. The summed E-state index contributed by atoms with van der Waals surface area (Å²) in [5.74, 6) is 0.106. The molecule has 0 bridgehead atoms. The summed E-state index contributed by atoms with van der Waals surface area (Å²) in [7, 11) is 0. The van der Waals surface area contributed by atoms with Gasteiger partial charge in [-0.1, -0.05) is 11.6 Å². The van der Waals surface area contributed by atoms with Crippen molar-refractivity contribution in [2.24, 2.45) is 0 Å². The Hall–Kier alpha value is -2.29. The van der Waals surface area contributed by atoms with Crippen molar-refractivity contribution in [1.82, 2.24) is 4.98 Å². The summed E-state index contributed by atoms with van der Waals surface area (Å²) in [5, 5.41) is 10.6. The number of rotatable bonds is 0. The van der Waals surface area contributed by atoms with Gasteiger partial charge in [-0.25, -0.2) is 0 Å². The number of phenols is 1. The van der Waals surface area contributed by atoms with E-state index in [1.54, 1.807) is 12.1 Å². The van der Waals surface area contributed by atoms with Crippen LogP contribution in [0.25, 0.3) is 21.8 Å². The number of H-pyrrole nitrogens is 1. The van der Waals surface area contributed by atoms with Gasteiger partial charge in [-0.15, -0.1) is 0 Å². The molecule has 2 N–H and O–H groups in total. The minimum Gasteiger partial charge on any atom is -0.508 e. The zero-order chi connectivity index (χ0) is 12.0. The van der Waals surface area contributed by atoms with Crippen LogP contribution < -0.4 is 5.43 Å². The SMILES string of the molecule is Cc1ccc2[nH]c3ccc(O)cc3c(=O)c2c1. The lowest BCUT2D eigenvalue weighted by Gasteiger charge is -2.03. The molecule has 1 heterocycles. The number of fused-ring (bicyclic) bond motifs is 2. The van der Waals surface area contributed by atoms with E-state index in [2.05, 4.69) is 4.98 Å². The summed E-state index contributed by atoms with van der Waals surface area (Å²) in [4.78, 5) is 15.5. The normalized spacial score (nSPS) is 11.1. The Kier molecular flexibility index (Phi) is 1.95. The molecule has 0 aliphatic heterocycles. The Morgan fingerprint density at radius 2 is 1.65 bits per heavy atom. The molecule has 0 amide bonds. The summed E-state index contributed by atoms with van der Waals surface area (Å²) in [6.45, 7) is 1.95. The van der Waals surface area contributed by atoms with Gasteiger partial charge < -0.3 is 10.1 Å². The average Bonchev–Trinajstić information content (AvgIpc) is 2.32. The quantitative estimate of drug-likeness (QED) is 0.578. The number of phenolic OH excluding ortho intramolecular Hbond substituents is 1. The zero-order valence-corrected chi connectivity index (χ0v) is 9.32. The van der Waals surface area contributed by atoms with Gasteiger partial charge in [0.15, 0.2) is 5.43 Å². The number of nitrogens with one attached hydrogen (secondary N) is 1. The van der Waals surface area contributed by atoms with Gasteiger partial charge in [0.05, 0.1) is 5.52 Å². The van der Waals surface area contributed by atoms with Gasteiger partial charge >= 0.3 is 0 Å². The highest BCUT2D eigenvalue weighted by Gasteiger charge is 2.05. The van der Waals surface area contributed by atoms with Gasteiger partial charge in [0.2, 0.25) is 0 Å². The third-order valence-electron chi connectivity index (χ3n) is 2.94. The maximum absolute atomic E-state index is 12.3. The molecular formula is C14H11NO2. The molecule has 0 saturated heterocycles. The molecule has 0 saturated carbocycles. The molecule has 1 aromatic heterocycles. The number of aromatic nitrogens is 1. The van der Waals surface area contributed by atoms with Crippen LogP contribution in [0.4, 0.5) is 0 Å². The van der Waals surface area contributed by atoms with Crippen LogP contribution in [0.3, 0.4) is 0 Å². The number of hydrogen-bond donors (Lipinski definition) is 2. The molecule has 0 atom stereocenters. The van der Waals surface area contributed by atoms with Crippen molar-refractivity contribution in [2.45, 2.75) is 6.92 Å². The first kappa shape index (κ1) is 9.90. The first-order valence-electron chi connectivity index (χ1n) is 5.40. The van der Waals surface area contributed by atoms with Crippen LogP contribution in [-0.4, -0.2) is 10.1 Å². The molecule has 3 rings (SSSR count). The molecule has 0 unspecified atom stereocenters. The van der Waals surface area contributed by atoms with Gasteiger partial charge in [-0.3, -0.25) is 4.79 Å². The Morgan fingerprint density at radius 1 is 1.00 bits per heavy atom. The van der Waals surface area contributed by atoms with Gasteiger partial charge in [-0.05, 0) is 37.3 Å². The van der Waals surface area contributed by atoms with E-state index in [-0.39, 0.29) is 11.2 Å². The maximum atomic E-state index is 12.3. The second kappa shape index (κ2) is 3.35. The van der Waals surface area contributed by atoms with Crippen LogP contribution in [0.15, 0.2) is 41.2 Å². The topological polar surface area (TPSA) is 53.1 Å². The predicted molar refractivity (Wildman–Crippen MR) is 68.5 cm³/mol. The molecular weight excluding hydrogens is 214 g/mol. The van der Waals surface area contributed by atoms with Gasteiger partial charge in [0.25, 0.3) is 0 Å². The lowest BCUT2D eigenvalue weighted by atomic mass is 10.1. The van der Waals surface area contributed by atoms with Crippen LogP contribution in [0.2, 0.25) is 0 Å². The highest BCUT2D eigenvalue weighted by Crippen LogP contribution is 2.19. The van der Waals surface area contributed by atoms with E-state index >= 15 is 0 Å². The third kappa shape index (κ3) is 1.47. The van der Waals surface area contributed by atoms with Crippen LogP contribution in [0, 0.1) is 6.92 Å². The number of pyridine rings is 1. The summed E-state index contributed by atoms with van der Waals surface area (Å²) in [6, 6.07) is 10.5. The molecule has 0 radical (unpaired) electrons. The van der Waals surface area contributed by atoms with Crippen molar-refractivity contribution in [2.75, 3.05) is 0 Å². The number of hydrogen-bond acceptors (Lipinski definition) is 2. The van der Waals surface area contributed by atoms with Gasteiger partial charge in [-0.2, -0.15) is 0 Å². The summed E-state index contributed by atoms with van der Waals surface area (Å²) in [6.07, 6.45) is 0. The van der Waals surface area contributed by atoms with Gasteiger partial charge in [0, 0.05) is 16.3 Å². The molecule has 0 aliphatic rings. The first-order chi connectivity index (χ1) is 8.15. The van der Waals surface area contributed by atoms with Crippen molar-refractivity contribution in [1.29, 1.82) is 0 Å². The number of aromatic hydroxyl groups is 1. The number of aromatic amines is 1. The van der Waals surface area contributed by atoms with E-state index < -0.39 is 0 Å². The average molecular weight is 225 g/mol. The molecule has 3 heteroatoms. The zero-order valence-electron chi connectivity index (χ0n) is 9.32. The second-order valence-electron chi connectivity index (χ2n) is 4.23. The number of benzene rings is 2. The molecule has 2 aromatic carbocycles. The van der Waals surface area contributed by atoms with E-state index in [1.807, 2.05) is 25.1 Å². The minimum absolute atomic E-state index is 0.0478. The fourth-order valence-electron chi connectivity index (χ4n) is 2.07. The molecule has 3 aromatic rings. The molecule has 84 valence electrons. The van der Waals surface area contributed by atoms with E-state index in [9.17, 15) is 9.90 Å². The predicted octanol–water partition coefficient (Wildman–Crippen LogP) is 2.70. The van der Waals surface area contributed by atoms with E-state index in [0.717, 1.165) is 16.6 Å². The fourth-order valence-corrected chi connectivity index (χ4v) is 2.07. The monoisotopic (exact) mass is 225 g/mol. The van der Waals surface area contributed by atoms with Crippen LogP contribution in [0.1, 0.15) is 5.56 Å². The molecule has 3 nitrogen and oxygen atoms in total. The molecule has 17 heavy (non-hydrogen) atoms. The van der Waals surface area contributed by atoms with Crippen molar-refractivity contribution < 1.29 is 5.11 Å². The standard InChI is InChI=1S/C14H11NO2/c1-8-2-4-12-10(6-8)14(17)11-7-9(16)3-5-13(11)15-12/h2-7,16H,1H3,(H,15,17). The maximum Gasteiger partial charge on any atom is 0.197 e. The van der Waals surface area contributed by atoms with Crippen molar-refractivity contribution >= 4 is 21.8 Å². The Labute approximate surface area is 97.3 Å².